The number of hydrogen-bond donors (Lipinski definition) is 1. The minimum Gasteiger partial charge on any atom is -0.481 e. The number of aliphatic carboxylic acids is 1. The number of nitrogens with zero attached hydrogens (tertiary/aromatic N) is 2. The zero-order chi connectivity index (χ0) is 18.7. The lowest BCUT2D eigenvalue weighted by Gasteiger charge is -2.48. The van der Waals surface area contributed by atoms with Crippen molar-refractivity contribution in [3.8, 4) is 0 Å². The summed E-state index contributed by atoms with van der Waals surface area (Å²) in [6.45, 7) is 6.91. The number of aromatic nitrogens is 1. The highest BCUT2D eigenvalue weighted by atomic mass is 16.6. The Hall–Kier alpha value is -2.57. The van der Waals surface area contributed by atoms with Crippen LogP contribution in [0.4, 0.5) is 4.79 Å². The quantitative estimate of drug-likeness (QED) is 0.887. The van der Waals surface area contributed by atoms with Crippen LogP contribution >= 0.6 is 0 Å². The van der Waals surface area contributed by atoms with E-state index in [1.165, 1.54) is 5.56 Å². The second kappa shape index (κ2) is 5.46. The molecule has 1 saturated heterocycles. The average Bonchev–Trinajstić information content (AvgIpc) is 3.04. The van der Waals surface area contributed by atoms with Gasteiger partial charge in [-0.05, 0) is 45.2 Å². The van der Waals surface area contributed by atoms with Crippen LogP contribution in [0.5, 0.6) is 0 Å². The molecule has 2 aromatic rings. The highest BCUT2D eigenvalue weighted by Crippen LogP contribution is 2.46. The number of carbonyl (C=O) groups excluding carboxylic acids is 1. The standard InChI is InChI=1S/C19H22N2O5/c1-18(2,3)25-17(24)21-9-19(10-21)7-11-4-5-12-14(6-15(22)23)20-26-16(12)13(11)8-19/h4-5H,6-10H2,1-3H3,(H,22,23). The van der Waals surface area contributed by atoms with Gasteiger partial charge in [-0.3, -0.25) is 4.79 Å². The molecule has 7 heteroatoms. The van der Waals surface area contributed by atoms with Crippen LogP contribution in [0.3, 0.4) is 0 Å². The minimum atomic E-state index is -0.927. The summed E-state index contributed by atoms with van der Waals surface area (Å²) < 4.78 is 10.9. The number of carboxylic acid groups (broad SMARTS) is 1. The Labute approximate surface area is 150 Å². The topological polar surface area (TPSA) is 92.9 Å². The number of carbonyl (C=O) groups is 2. The van der Waals surface area contributed by atoms with Gasteiger partial charge in [-0.15, -0.1) is 0 Å². The molecule has 1 aliphatic heterocycles. The van der Waals surface area contributed by atoms with E-state index in [-0.39, 0.29) is 17.9 Å². The summed E-state index contributed by atoms with van der Waals surface area (Å²) in [5, 5.41) is 13.7. The van der Waals surface area contributed by atoms with E-state index in [0.29, 0.717) is 24.4 Å². The summed E-state index contributed by atoms with van der Waals surface area (Å²) in [4.78, 5) is 24.9. The first-order chi connectivity index (χ1) is 12.2. The summed E-state index contributed by atoms with van der Waals surface area (Å²) in [6, 6.07) is 3.93. The van der Waals surface area contributed by atoms with E-state index in [9.17, 15) is 9.59 Å². The fourth-order valence-corrected chi connectivity index (χ4v) is 4.06. The van der Waals surface area contributed by atoms with Gasteiger partial charge in [0.25, 0.3) is 0 Å². The molecular weight excluding hydrogens is 336 g/mol. The van der Waals surface area contributed by atoms with Crippen molar-refractivity contribution >= 4 is 23.0 Å². The van der Waals surface area contributed by atoms with Crippen LogP contribution < -0.4 is 0 Å². The number of hydrogen-bond acceptors (Lipinski definition) is 5. The molecule has 0 atom stereocenters. The Bertz CT molecular complexity index is 903. The molecule has 1 aromatic heterocycles. The van der Waals surface area contributed by atoms with Crippen molar-refractivity contribution in [2.45, 2.75) is 45.6 Å². The Kier molecular flexibility index (Phi) is 3.54. The lowest BCUT2D eigenvalue weighted by molar-refractivity contribution is -0.136. The van der Waals surface area contributed by atoms with Gasteiger partial charge in [0.05, 0.1) is 6.42 Å². The molecule has 2 heterocycles. The molecule has 1 N–H and O–H groups in total. The van der Waals surface area contributed by atoms with Crippen molar-refractivity contribution in [1.82, 2.24) is 10.1 Å². The van der Waals surface area contributed by atoms with Crippen molar-refractivity contribution in [3.63, 3.8) is 0 Å². The zero-order valence-corrected chi connectivity index (χ0v) is 15.2. The van der Waals surface area contributed by atoms with Gasteiger partial charge >= 0.3 is 12.1 Å². The third kappa shape index (κ3) is 2.81. The van der Waals surface area contributed by atoms with E-state index in [1.54, 1.807) is 4.90 Å². The van der Waals surface area contributed by atoms with E-state index < -0.39 is 11.6 Å². The molecular formula is C19H22N2O5. The molecule has 2 aliphatic rings. The van der Waals surface area contributed by atoms with Crippen molar-refractivity contribution in [1.29, 1.82) is 0 Å². The largest absolute Gasteiger partial charge is 0.481 e. The number of amides is 1. The summed E-state index contributed by atoms with van der Waals surface area (Å²) >= 11 is 0. The van der Waals surface area contributed by atoms with Crippen molar-refractivity contribution in [3.05, 3.63) is 29.0 Å². The van der Waals surface area contributed by atoms with Crippen LogP contribution in [0.2, 0.25) is 0 Å². The van der Waals surface area contributed by atoms with Gasteiger partial charge < -0.3 is 19.3 Å². The molecule has 7 nitrogen and oxygen atoms in total. The van der Waals surface area contributed by atoms with E-state index in [2.05, 4.69) is 5.16 Å². The number of benzene rings is 1. The number of likely N-dealkylation sites (tertiary alicyclic amines) is 1. The maximum atomic E-state index is 12.2. The molecule has 0 unspecified atom stereocenters. The van der Waals surface area contributed by atoms with Crippen molar-refractivity contribution in [2.75, 3.05) is 13.1 Å². The highest BCUT2D eigenvalue weighted by Gasteiger charge is 2.50. The lowest BCUT2D eigenvalue weighted by Crippen LogP contribution is -2.59. The number of fused-ring (bicyclic) bond motifs is 3. The summed E-state index contributed by atoms with van der Waals surface area (Å²) in [6.07, 6.45) is 1.27. The van der Waals surface area contributed by atoms with Crippen LogP contribution in [-0.4, -0.2) is 45.9 Å². The lowest BCUT2D eigenvalue weighted by atomic mass is 9.77. The number of ether oxygens (including phenoxy) is 1. The molecule has 0 bridgehead atoms. The molecule has 1 aliphatic carbocycles. The number of carboxylic acids is 1. The number of rotatable bonds is 2. The second-order valence-electron chi connectivity index (χ2n) is 8.47. The summed E-state index contributed by atoms with van der Waals surface area (Å²) in [7, 11) is 0. The Morgan fingerprint density at radius 2 is 2.04 bits per heavy atom. The first kappa shape index (κ1) is 16.9. The third-order valence-electron chi connectivity index (χ3n) is 5.06. The Balaban J connectivity index is 1.52. The van der Waals surface area contributed by atoms with Gasteiger partial charge in [0, 0.05) is 29.5 Å². The molecule has 138 valence electrons. The Morgan fingerprint density at radius 1 is 1.31 bits per heavy atom. The second-order valence-corrected chi connectivity index (χ2v) is 8.47. The minimum absolute atomic E-state index is 0.0211. The van der Waals surface area contributed by atoms with Crippen LogP contribution in [0.15, 0.2) is 16.7 Å². The zero-order valence-electron chi connectivity index (χ0n) is 15.2. The molecule has 0 saturated carbocycles. The third-order valence-corrected chi connectivity index (χ3v) is 5.06. The predicted molar refractivity (Wildman–Crippen MR) is 93.0 cm³/mol. The van der Waals surface area contributed by atoms with Crippen molar-refractivity contribution in [2.24, 2.45) is 5.41 Å². The SMILES string of the molecule is CC(C)(C)OC(=O)N1CC2(Cc3ccc4c(CC(=O)O)noc4c3C2)C1. The first-order valence-corrected chi connectivity index (χ1v) is 8.75. The fourth-order valence-electron chi connectivity index (χ4n) is 4.06. The van der Waals surface area contributed by atoms with Gasteiger partial charge in [0.15, 0.2) is 5.58 Å². The maximum Gasteiger partial charge on any atom is 0.410 e. The smallest absolute Gasteiger partial charge is 0.410 e. The molecule has 0 radical (unpaired) electrons. The highest BCUT2D eigenvalue weighted by molar-refractivity contribution is 5.87. The molecule has 26 heavy (non-hydrogen) atoms. The van der Waals surface area contributed by atoms with Gasteiger partial charge in [-0.2, -0.15) is 0 Å². The van der Waals surface area contributed by atoms with Crippen LogP contribution in [0, 0.1) is 5.41 Å². The molecule has 1 fully saturated rings. The molecule has 1 amide bonds. The fraction of sp³-hybridized carbons (Fsp3) is 0.526. The monoisotopic (exact) mass is 358 g/mol. The van der Waals surface area contributed by atoms with E-state index in [1.807, 2.05) is 32.9 Å². The van der Waals surface area contributed by atoms with E-state index in [4.69, 9.17) is 14.4 Å². The average molecular weight is 358 g/mol. The van der Waals surface area contributed by atoms with Gasteiger partial charge in [-0.1, -0.05) is 11.2 Å². The maximum absolute atomic E-state index is 12.2. The van der Waals surface area contributed by atoms with Gasteiger partial charge in [-0.25, -0.2) is 4.79 Å². The Morgan fingerprint density at radius 3 is 2.69 bits per heavy atom. The normalized spacial score (nSPS) is 18.0. The predicted octanol–water partition coefficient (Wildman–Crippen LogP) is 2.79. The van der Waals surface area contributed by atoms with Crippen molar-refractivity contribution < 1.29 is 24.0 Å². The van der Waals surface area contributed by atoms with Crippen LogP contribution in [-0.2, 0) is 28.8 Å². The summed E-state index contributed by atoms with van der Waals surface area (Å²) in [5.41, 5.74) is 2.96. The molecule has 1 spiro atoms. The first-order valence-electron chi connectivity index (χ1n) is 8.75. The van der Waals surface area contributed by atoms with Gasteiger partial charge in [0.1, 0.15) is 11.3 Å². The van der Waals surface area contributed by atoms with E-state index >= 15 is 0 Å². The van der Waals surface area contributed by atoms with E-state index in [0.717, 1.165) is 23.8 Å². The van der Waals surface area contributed by atoms with Crippen LogP contribution in [0.1, 0.15) is 37.6 Å². The van der Waals surface area contributed by atoms with Crippen LogP contribution in [0.25, 0.3) is 11.0 Å². The molecule has 4 rings (SSSR count). The van der Waals surface area contributed by atoms with Gasteiger partial charge in [0.2, 0.25) is 0 Å². The molecule has 1 aromatic carbocycles. The summed E-state index contributed by atoms with van der Waals surface area (Å²) in [5.74, 6) is -0.927.